The minimum Gasteiger partial charge on any atom is -0.462 e. The molecule has 2 atom stereocenters. The molecule has 10 heteroatoms. The van der Waals surface area contributed by atoms with Crippen molar-refractivity contribution in [2.45, 2.75) is 238 Å². The third-order valence-corrected chi connectivity index (χ3v) is 14.6. The summed E-state index contributed by atoms with van der Waals surface area (Å²) in [4.78, 5) is 35.9. The van der Waals surface area contributed by atoms with Crippen molar-refractivity contribution in [3.8, 4) is 0 Å². The highest BCUT2D eigenvalue weighted by atomic mass is 31.2. The number of rotatable bonds is 60. The number of carbonyl (C=O) groups excluding carboxylic acids is 2. The largest absolute Gasteiger partial charge is 0.472 e. The second kappa shape index (κ2) is 66.3. The van der Waals surface area contributed by atoms with Gasteiger partial charge in [-0.15, -0.1) is 0 Å². The van der Waals surface area contributed by atoms with Crippen LogP contribution in [0, 0.1) is 0 Å². The Hall–Kier alpha value is -5.15. The quantitative estimate of drug-likeness (QED) is 0.0211. The van der Waals surface area contributed by atoms with E-state index in [9.17, 15) is 19.0 Å². The van der Waals surface area contributed by atoms with Crippen molar-refractivity contribution in [2.24, 2.45) is 0 Å². The molecule has 0 amide bonds. The van der Waals surface area contributed by atoms with Crippen LogP contribution in [0.5, 0.6) is 0 Å². The summed E-state index contributed by atoms with van der Waals surface area (Å²) in [6.45, 7) is 4.15. The first-order valence-corrected chi connectivity index (χ1v) is 35.7. The maximum Gasteiger partial charge on any atom is 0.472 e. The van der Waals surface area contributed by atoms with E-state index >= 15 is 0 Å². The molecule has 0 saturated carbocycles. The molecule has 0 aliphatic rings. The summed E-state index contributed by atoms with van der Waals surface area (Å²) in [5.74, 6) is -0.846. The predicted molar refractivity (Wildman–Crippen MR) is 380 cm³/mol. The summed E-state index contributed by atoms with van der Waals surface area (Å²) >= 11 is 0. The van der Waals surface area contributed by atoms with Gasteiger partial charge in [-0.25, -0.2) is 4.57 Å². The smallest absolute Gasteiger partial charge is 0.462 e. The molecule has 0 aromatic rings. The zero-order valence-corrected chi connectivity index (χ0v) is 57.0. The van der Waals surface area contributed by atoms with Crippen molar-refractivity contribution in [3.05, 3.63) is 194 Å². The number of hydrogen-bond donors (Lipinski definition) is 1. The first kappa shape index (κ1) is 82.8. The average Bonchev–Trinajstić information content (AvgIpc) is 3.57. The number of carbonyl (C=O) groups is 2. The number of hydrogen-bond acceptors (Lipinski definition) is 7. The van der Waals surface area contributed by atoms with E-state index < -0.39 is 26.5 Å². The molecule has 0 fully saturated rings. The van der Waals surface area contributed by atoms with Gasteiger partial charge in [-0.3, -0.25) is 18.6 Å². The second-order valence-corrected chi connectivity index (χ2v) is 24.5. The number of quaternary nitrogens is 1. The number of allylic oxidation sites excluding steroid dienone is 32. The molecule has 0 aromatic heterocycles. The lowest BCUT2D eigenvalue weighted by molar-refractivity contribution is -0.870. The number of likely N-dealkylation sites (N-methyl/N-ethyl adjacent to an activating group) is 1. The van der Waals surface area contributed by atoms with E-state index in [0.29, 0.717) is 17.4 Å². The van der Waals surface area contributed by atoms with Crippen LogP contribution in [0.3, 0.4) is 0 Å². The highest BCUT2D eigenvalue weighted by molar-refractivity contribution is 7.47. The minimum atomic E-state index is -4.42. The van der Waals surface area contributed by atoms with Crippen molar-refractivity contribution in [1.82, 2.24) is 0 Å². The number of esters is 2. The fraction of sp³-hybridized carbons (Fsp3) is 0.564. The first-order valence-electron chi connectivity index (χ1n) is 34.2. The van der Waals surface area contributed by atoms with Crippen LogP contribution in [0.2, 0.25) is 0 Å². The Kier molecular flexibility index (Phi) is 62.4. The van der Waals surface area contributed by atoms with Gasteiger partial charge in [-0.05, 0) is 141 Å². The zero-order valence-electron chi connectivity index (χ0n) is 56.1. The van der Waals surface area contributed by atoms with Crippen molar-refractivity contribution >= 4 is 19.8 Å². The summed E-state index contributed by atoms with van der Waals surface area (Å²) in [5, 5.41) is 0. The van der Waals surface area contributed by atoms with Gasteiger partial charge in [0.05, 0.1) is 27.7 Å². The standard InChI is InChI=1S/C78H124NO8P/c1-6-8-10-12-14-16-18-20-22-24-26-28-30-32-34-36-37-38-39-40-41-43-45-47-49-51-53-55-57-59-61-63-65-67-69-71-78(81)87-76(75-86-88(82,83)85-73-72-79(3,4)5)74-84-77(80)70-68-66-64-62-60-58-56-54-52-50-48-46-44-42-35-33-31-29-27-25-23-21-19-17-15-13-11-9-7-2/h8-11,14-17,20-23,26-29,32-35,37-38,40-41,44-47,51,53,57,59,76H,6-7,12-13,18-19,24-25,30-31,36,39,42-43,48-50,52,54-56,58,60-75H2,1-5H3/p+1/b10-8-,11-9-,16-14-,17-15-,22-20-,23-21-,28-26-,29-27-,34-32-,35-33-,38-37-,41-40-,46-44-,47-45-,53-51-,59-57-. The Morgan fingerprint density at radius 2 is 0.614 bits per heavy atom. The molecular formula is C78H125NO8P+. The summed E-state index contributed by atoms with van der Waals surface area (Å²) in [5.41, 5.74) is 0. The fourth-order valence-electron chi connectivity index (χ4n) is 8.46. The molecule has 0 saturated heterocycles. The number of phosphoric acid groups is 1. The molecule has 2 unspecified atom stereocenters. The van der Waals surface area contributed by atoms with Gasteiger partial charge in [0.25, 0.3) is 0 Å². The van der Waals surface area contributed by atoms with Gasteiger partial charge in [0, 0.05) is 12.8 Å². The van der Waals surface area contributed by atoms with Crippen LogP contribution >= 0.6 is 7.82 Å². The summed E-state index contributed by atoms with van der Waals surface area (Å²) in [6.07, 6.45) is 104. The summed E-state index contributed by atoms with van der Waals surface area (Å²) < 4.78 is 34.7. The number of nitrogens with zero attached hydrogens (tertiary/aromatic N) is 1. The third-order valence-electron chi connectivity index (χ3n) is 13.6. The zero-order chi connectivity index (χ0) is 64.1. The van der Waals surface area contributed by atoms with Crippen LogP contribution in [0.1, 0.15) is 232 Å². The molecule has 9 nitrogen and oxygen atoms in total. The van der Waals surface area contributed by atoms with Crippen LogP contribution in [-0.2, 0) is 32.7 Å². The summed E-state index contributed by atoms with van der Waals surface area (Å²) in [7, 11) is 1.43. The molecule has 0 spiro atoms. The van der Waals surface area contributed by atoms with Crippen LogP contribution in [-0.4, -0.2) is 74.9 Å². The molecule has 0 aliphatic carbocycles. The van der Waals surface area contributed by atoms with Crippen LogP contribution in [0.4, 0.5) is 0 Å². The van der Waals surface area contributed by atoms with Crippen LogP contribution in [0.15, 0.2) is 194 Å². The maximum absolute atomic E-state index is 12.9. The van der Waals surface area contributed by atoms with Crippen molar-refractivity contribution in [1.29, 1.82) is 0 Å². The molecule has 0 bridgehead atoms. The highest BCUT2D eigenvalue weighted by Crippen LogP contribution is 2.43. The van der Waals surface area contributed by atoms with E-state index in [2.05, 4.69) is 208 Å². The van der Waals surface area contributed by atoms with Gasteiger partial charge < -0.3 is 18.9 Å². The van der Waals surface area contributed by atoms with Crippen LogP contribution < -0.4 is 0 Å². The molecule has 1 N–H and O–H groups in total. The average molecular weight is 1240 g/mol. The van der Waals surface area contributed by atoms with Gasteiger partial charge in [0.2, 0.25) is 0 Å². The molecular weight excluding hydrogens is 1110 g/mol. The second-order valence-electron chi connectivity index (χ2n) is 23.1. The topological polar surface area (TPSA) is 108 Å². The van der Waals surface area contributed by atoms with E-state index in [-0.39, 0.29) is 32.0 Å². The normalized spacial score (nSPS) is 14.4. The van der Waals surface area contributed by atoms with Gasteiger partial charge in [-0.1, -0.05) is 272 Å². The summed E-state index contributed by atoms with van der Waals surface area (Å²) in [6, 6.07) is 0. The van der Waals surface area contributed by atoms with Gasteiger partial charge >= 0.3 is 19.8 Å². The lowest BCUT2D eigenvalue weighted by atomic mass is 10.1. The lowest BCUT2D eigenvalue weighted by Crippen LogP contribution is -2.37. The molecule has 0 radical (unpaired) electrons. The van der Waals surface area contributed by atoms with Crippen LogP contribution in [0.25, 0.3) is 0 Å². The van der Waals surface area contributed by atoms with E-state index in [1.54, 1.807) is 0 Å². The molecule has 0 rings (SSSR count). The van der Waals surface area contributed by atoms with Gasteiger partial charge in [0.15, 0.2) is 6.10 Å². The number of ether oxygens (including phenoxy) is 2. The SMILES string of the molecule is CC/C=C\C/C=C\C/C=C\C/C=C\C/C=C\C/C=C\C/C=C\C/C=C\C/C=C\C/C=C\CCCCCCC(=O)OC(COC(=O)CCCCCCCCCCCC/C=C\C/C=C\C/C=C\C/C=C\C/C=C\C/C=C\CC)COP(=O)(O)OCC[N+](C)(C)C. The third kappa shape index (κ3) is 69.9. The van der Waals surface area contributed by atoms with Crippen molar-refractivity contribution in [2.75, 3.05) is 47.5 Å². The monoisotopic (exact) mass is 1230 g/mol. The first-order chi connectivity index (χ1) is 43.0. The van der Waals surface area contributed by atoms with Gasteiger partial charge in [0.1, 0.15) is 19.8 Å². The minimum absolute atomic E-state index is 0.0144. The molecule has 88 heavy (non-hydrogen) atoms. The highest BCUT2D eigenvalue weighted by Gasteiger charge is 2.27. The maximum atomic E-state index is 12.9. The predicted octanol–water partition coefficient (Wildman–Crippen LogP) is 22.5. The van der Waals surface area contributed by atoms with Crippen molar-refractivity contribution < 1.29 is 42.1 Å². The Morgan fingerprint density at radius 3 is 0.909 bits per heavy atom. The van der Waals surface area contributed by atoms with Crippen molar-refractivity contribution in [3.63, 3.8) is 0 Å². The Labute approximate surface area is 539 Å². The lowest BCUT2D eigenvalue weighted by Gasteiger charge is -2.24. The van der Waals surface area contributed by atoms with E-state index in [1.165, 1.54) is 38.5 Å². The van der Waals surface area contributed by atoms with Gasteiger partial charge in [-0.2, -0.15) is 0 Å². The van der Waals surface area contributed by atoms with E-state index in [0.717, 1.165) is 161 Å². The Morgan fingerprint density at radius 1 is 0.352 bits per heavy atom. The number of phosphoric ester groups is 1. The molecule has 0 aliphatic heterocycles. The fourth-order valence-corrected chi connectivity index (χ4v) is 9.20. The molecule has 0 heterocycles. The Balaban J connectivity index is 4.23. The van der Waals surface area contributed by atoms with E-state index in [4.69, 9.17) is 18.5 Å². The van der Waals surface area contributed by atoms with E-state index in [1.807, 2.05) is 21.1 Å². The molecule has 494 valence electrons. The molecule has 0 aromatic carbocycles. The number of unbranched alkanes of at least 4 members (excludes halogenated alkanes) is 14. The Bertz CT molecular complexity index is 2190.